The average molecular weight is 464 g/mol. The van der Waals surface area contributed by atoms with Crippen LogP contribution in [0.25, 0.3) is 0 Å². The molecule has 0 amide bonds. The summed E-state index contributed by atoms with van der Waals surface area (Å²) in [6.07, 6.45) is -0.540. The lowest BCUT2D eigenvalue weighted by molar-refractivity contribution is 0.347. The van der Waals surface area contributed by atoms with Crippen molar-refractivity contribution in [3.63, 3.8) is 0 Å². The van der Waals surface area contributed by atoms with Crippen LogP contribution in [0.15, 0.2) is 42.1 Å². The van der Waals surface area contributed by atoms with E-state index in [2.05, 4.69) is 0 Å². The van der Waals surface area contributed by atoms with E-state index in [1.54, 1.807) is 44.2 Å². The van der Waals surface area contributed by atoms with E-state index in [1.807, 2.05) is 6.07 Å². The number of nitriles is 2. The van der Waals surface area contributed by atoms with Crippen LogP contribution >= 0.6 is 30.8 Å². The number of carbonyl (C=O) groups excluding carboxylic acids is 1. The van der Waals surface area contributed by atoms with Crippen LogP contribution in [0.3, 0.4) is 0 Å². The Balaban J connectivity index is 2.46. The Morgan fingerprint density at radius 1 is 1.03 bits per heavy atom. The van der Waals surface area contributed by atoms with E-state index in [1.165, 1.54) is 18.1 Å². The van der Waals surface area contributed by atoms with Crippen molar-refractivity contribution in [2.45, 2.75) is 13.8 Å². The molecule has 0 saturated heterocycles. The summed E-state index contributed by atoms with van der Waals surface area (Å²) in [5.74, 6) is 1.84. The maximum atomic E-state index is 13.7. The summed E-state index contributed by atoms with van der Waals surface area (Å²) in [6.45, 7) is 3.09. The van der Waals surface area contributed by atoms with Crippen LogP contribution in [-0.2, 0) is 9.36 Å². The van der Waals surface area contributed by atoms with E-state index >= 15 is 0 Å². The lowest BCUT2D eigenvalue weighted by atomic mass is 10.2. The fourth-order valence-electron chi connectivity index (χ4n) is 2.40. The Morgan fingerprint density at radius 2 is 1.53 bits per heavy atom. The van der Waals surface area contributed by atoms with Gasteiger partial charge in [-0.25, -0.2) is 9.36 Å². The van der Waals surface area contributed by atoms with Gasteiger partial charge in [0.05, 0.1) is 6.07 Å². The van der Waals surface area contributed by atoms with Crippen LogP contribution in [-0.4, -0.2) is 23.7 Å². The molecule has 0 aliphatic rings. The predicted octanol–water partition coefficient (Wildman–Crippen LogP) is 5.28. The Morgan fingerprint density at radius 3 is 1.90 bits per heavy atom. The van der Waals surface area contributed by atoms with E-state index in [0.717, 1.165) is 4.90 Å². The largest absolute Gasteiger partial charge is 0.449 e. The van der Waals surface area contributed by atoms with Gasteiger partial charge in [0.1, 0.15) is 30.4 Å². The zero-order valence-corrected chi connectivity index (χ0v) is 18.5. The van der Waals surface area contributed by atoms with Crippen LogP contribution in [0.2, 0.25) is 10.0 Å². The second-order valence-corrected chi connectivity index (χ2v) is 8.86. The minimum Gasteiger partial charge on any atom is -0.415 e. The number of rotatable bonds is 8. The van der Waals surface area contributed by atoms with Crippen molar-refractivity contribution in [1.82, 2.24) is 4.90 Å². The first-order chi connectivity index (χ1) is 14.2. The number of allylic oxidation sites excluding steroid dienone is 1. The third kappa shape index (κ3) is 6.04. The van der Waals surface area contributed by atoms with Crippen molar-refractivity contribution in [3.05, 3.63) is 63.3 Å². The first-order valence-corrected chi connectivity index (χ1v) is 11.0. The van der Waals surface area contributed by atoms with E-state index in [4.69, 9.17) is 42.8 Å². The molecule has 0 fully saturated rings. The third-order valence-corrected chi connectivity index (χ3v) is 6.39. The SMILES string of the molecule is Cc1cc(OP(=O)(CN(CC#N)C(=C=O)C#N)Oc2ccc(Cl)c(C)c2)ccc1Cl. The monoisotopic (exact) mass is 463 g/mol. The highest BCUT2D eigenvalue weighted by Gasteiger charge is 2.33. The summed E-state index contributed by atoms with van der Waals surface area (Å²) < 4.78 is 25.0. The zero-order chi connectivity index (χ0) is 22.3. The zero-order valence-electron chi connectivity index (χ0n) is 16.1. The summed E-state index contributed by atoms with van der Waals surface area (Å²) in [7, 11) is -4.06. The highest BCUT2D eigenvalue weighted by Crippen LogP contribution is 2.50. The van der Waals surface area contributed by atoms with E-state index < -0.39 is 26.1 Å². The Hall–Kier alpha value is -2.92. The molecule has 0 unspecified atom stereocenters. The molecule has 0 spiro atoms. The number of hydrogen-bond acceptors (Lipinski definition) is 7. The van der Waals surface area contributed by atoms with Crippen molar-refractivity contribution in [1.29, 1.82) is 10.5 Å². The van der Waals surface area contributed by atoms with Crippen molar-refractivity contribution in [2.24, 2.45) is 0 Å². The molecule has 0 heterocycles. The molecule has 0 bridgehead atoms. The molecule has 2 aromatic rings. The smallest absolute Gasteiger partial charge is 0.415 e. The predicted molar refractivity (Wildman–Crippen MR) is 113 cm³/mol. The number of halogens is 2. The molecule has 2 aromatic carbocycles. The minimum atomic E-state index is -4.06. The maximum Gasteiger partial charge on any atom is 0.449 e. The fourth-order valence-corrected chi connectivity index (χ4v) is 4.31. The van der Waals surface area contributed by atoms with Crippen molar-refractivity contribution in [3.8, 4) is 23.6 Å². The molecule has 10 heteroatoms. The van der Waals surface area contributed by atoms with Gasteiger partial charge in [-0.3, -0.25) is 0 Å². The van der Waals surface area contributed by atoms with Gasteiger partial charge >= 0.3 is 7.60 Å². The molecule has 154 valence electrons. The van der Waals surface area contributed by atoms with Crippen LogP contribution in [0, 0.1) is 36.5 Å². The first-order valence-electron chi connectivity index (χ1n) is 8.49. The highest BCUT2D eigenvalue weighted by molar-refractivity contribution is 7.54. The topological polar surface area (TPSA) is 103 Å². The molecule has 0 radical (unpaired) electrons. The van der Waals surface area contributed by atoms with Crippen LogP contribution < -0.4 is 9.05 Å². The molecule has 0 aliphatic carbocycles. The third-order valence-electron chi connectivity index (χ3n) is 3.87. The standard InChI is InChI=1S/C20H16Cl2N3O4P/c1-14-9-17(3-5-19(14)21)28-30(27,13-25(8-7-23)16(11-24)12-26)29-18-4-6-20(22)15(2)10-18/h3-6,9-10H,8,13H2,1-2H3. The second kappa shape index (κ2) is 10.2. The Labute approximate surface area is 184 Å². The van der Waals surface area contributed by atoms with Crippen LogP contribution in [0.4, 0.5) is 0 Å². The lowest BCUT2D eigenvalue weighted by Gasteiger charge is -2.26. The first kappa shape index (κ1) is 23.4. The normalized spacial score (nSPS) is 10.3. The maximum absolute atomic E-state index is 13.7. The summed E-state index contributed by atoms with van der Waals surface area (Å²) in [4.78, 5) is 12.1. The molecule has 2 rings (SSSR count). The molecule has 0 aromatic heterocycles. The van der Waals surface area contributed by atoms with Gasteiger partial charge in [0.2, 0.25) is 5.70 Å². The van der Waals surface area contributed by atoms with Gasteiger partial charge in [-0.1, -0.05) is 23.2 Å². The quantitative estimate of drug-likeness (QED) is 0.227. The lowest BCUT2D eigenvalue weighted by Crippen LogP contribution is -2.27. The molecule has 30 heavy (non-hydrogen) atoms. The summed E-state index contributed by atoms with van der Waals surface area (Å²) in [5.41, 5.74) is 0.869. The average Bonchev–Trinajstić information content (AvgIpc) is 2.68. The Kier molecular flexibility index (Phi) is 7.95. The van der Waals surface area contributed by atoms with E-state index in [0.29, 0.717) is 21.2 Å². The number of nitrogens with zero attached hydrogens (tertiary/aromatic N) is 3. The highest BCUT2D eigenvalue weighted by atomic mass is 35.5. The van der Waals surface area contributed by atoms with Gasteiger partial charge in [-0.2, -0.15) is 10.5 Å². The van der Waals surface area contributed by atoms with Crippen LogP contribution in [0.5, 0.6) is 11.5 Å². The van der Waals surface area contributed by atoms with Crippen molar-refractivity contribution >= 4 is 36.7 Å². The van der Waals surface area contributed by atoms with Gasteiger partial charge in [0, 0.05) is 10.0 Å². The number of hydrogen-bond donors (Lipinski definition) is 0. The van der Waals surface area contributed by atoms with Gasteiger partial charge in [0.15, 0.2) is 5.94 Å². The molecule has 0 saturated carbocycles. The molecule has 0 aliphatic heterocycles. The number of aryl methyl sites for hydroxylation is 2. The molecule has 0 N–H and O–H groups in total. The molecular weight excluding hydrogens is 448 g/mol. The van der Waals surface area contributed by atoms with Crippen LogP contribution in [0.1, 0.15) is 11.1 Å². The van der Waals surface area contributed by atoms with Gasteiger partial charge < -0.3 is 13.9 Å². The summed E-state index contributed by atoms with van der Waals surface area (Å²) in [6, 6.07) is 12.7. The van der Waals surface area contributed by atoms with E-state index in [9.17, 15) is 9.36 Å². The summed E-state index contributed by atoms with van der Waals surface area (Å²) in [5, 5.41) is 19.2. The van der Waals surface area contributed by atoms with Gasteiger partial charge in [-0.15, -0.1) is 0 Å². The second-order valence-electron chi connectivity index (χ2n) is 6.18. The number of benzene rings is 2. The van der Waals surface area contributed by atoms with Gasteiger partial charge in [-0.05, 0) is 61.4 Å². The molecule has 7 nitrogen and oxygen atoms in total. The molecular formula is C20H16Cl2N3O4P. The summed E-state index contributed by atoms with van der Waals surface area (Å²) >= 11 is 12.0. The van der Waals surface area contributed by atoms with Gasteiger partial charge in [0.25, 0.3) is 0 Å². The van der Waals surface area contributed by atoms with E-state index in [-0.39, 0.29) is 11.5 Å². The van der Waals surface area contributed by atoms with Crippen molar-refractivity contribution < 1.29 is 18.4 Å². The molecule has 0 atom stereocenters. The Bertz CT molecular complexity index is 1080. The fraction of sp³-hybridized carbons (Fsp3) is 0.200. The minimum absolute atomic E-state index is 0.205. The van der Waals surface area contributed by atoms with Crippen molar-refractivity contribution in [2.75, 3.05) is 12.8 Å².